The number of hydrogen-bond acceptors (Lipinski definition) is 4. The molecule has 1 aliphatic heterocycles. The highest BCUT2D eigenvalue weighted by Crippen LogP contribution is 2.18. The van der Waals surface area contributed by atoms with Crippen LogP contribution in [-0.4, -0.2) is 35.1 Å². The molecule has 1 aromatic carbocycles. The molecule has 1 aromatic heterocycles. The number of carboxylic acid groups (broad SMARTS) is 1. The average molecular weight is 353 g/mol. The third kappa shape index (κ3) is 4.39. The monoisotopic (exact) mass is 353 g/mol. The molecule has 0 aliphatic carbocycles. The third-order valence-corrected chi connectivity index (χ3v) is 4.60. The second kappa shape index (κ2) is 8.47. The number of nitrogens with zero attached hydrogens (tertiary/aromatic N) is 2. The summed E-state index contributed by atoms with van der Waals surface area (Å²) in [6, 6.07) is 11.1. The maximum atomic E-state index is 12.4. The van der Waals surface area contributed by atoms with Crippen molar-refractivity contribution >= 4 is 17.7 Å². The van der Waals surface area contributed by atoms with E-state index in [0.29, 0.717) is 11.1 Å². The summed E-state index contributed by atoms with van der Waals surface area (Å²) in [5.74, 6) is -0.684. The second-order valence-electron chi connectivity index (χ2n) is 6.46. The van der Waals surface area contributed by atoms with Crippen molar-refractivity contribution in [3.63, 3.8) is 0 Å². The van der Waals surface area contributed by atoms with Crippen LogP contribution in [0.15, 0.2) is 48.7 Å². The van der Waals surface area contributed by atoms with Crippen LogP contribution in [0, 0.1) is 0 Å². The highest BCUT2D eigenvalue weighted by Gasteiger charge is 2.22. The Morgan fingerprint density at radius 2 is 1.69 bits per heavy atom. The molecule has 0 unspecified atom stereocenters. The number of carbonyl (C=O) groups is 2. The van der Waals surface area contributed by atoms with Gasteiger partial charge in [-0.1, -0.05) is 43.2 Å². The normalized spacial score (nSPS) is 15.8. The lowest BCUT2D eigenvalue weighted by Crippen LogP contribution is -2.34. The van der Waals surface area contributed by atoms with E-state index in [1.165, 1.54) is 19.0 Å². The molecule has 0 saturated carbocycles. The number of carboxylic acids is 1. The van der Waals surface area contributed by atoms with E-state index in [-0.39, 0.29) is 0 Å². The highest BCUT2D eigenvalue weighted by molar-refractivity contribution is 5.96. The zero-order valence-corrected chi connectivity index (χ0v) is 14.6. The zero-order chi connectivity index (χ0) is 18.4. The summed E-state index contributed by atoms with van der Waals surface area (Å²) in [7, 11) is 0. The quantitative estimate of drug-likeness (QED) is 0.863. The molecule has 0 radical (unpaired) electrons. The van der Waals surface area contributed by atoms with Crippen LogP contribution in [0.25, 0.3) is 0 Å². The number of nitrogens with one attached hydrogen (secondary N) is 1. The Kier molecular flexibility index (Phi) is 5.84. The first-order chi connectivity index (χ1) is 12.6. The molecule has 3 rings (SSSR count). The van der Waals surface area contributed by atoms with Gasteiger partial charge in [0.15, 0.2) is 6.04 Å². The molecular weight excluding hydrogens is 330 g/mol. The molecule has 1 fully saturated rings. The van der Waals surface area contributed by atoms with Crippen LogP contribution in [0.3, 0.4) is 0 Å². The van der Waals surface area contributed by atoms with E-state index in [2.05, 4.69) is 15.2 Å². The lowest BCUT2D eigenvalue weighted by atomic mass is 10.1. The van der Waals surface area contributed by atoms with Crippen molar-refractivity contribution in [2.75, 3.05) is 18.0 Å². The Balaban J connectivity index is 1.70. The fourth-order valence-electron chi connectivity index (χ4n) is 3.15. The lowest BCUT2D eigenvalue weighted by Gasteiger charge is -2.21. The van der Waals surface area contributed by atoms with Gasteiger partial charge in [-0.2, -0.15) is 0 Å². The highest BCUT2D eigenvalue weighted by atomic mass is 16.4. The van der Waals surface area contributed by atoms with Gasteiger partial charge >= 0.3 is 5.97 Å². The minimum Gasteiger partial charge on any atom is -0.479 e. The molecule has 1 aliphatic rings. The van der Waals surface area contributed by atoms with Gasteiger partial charge in [-0.3, -0.25) is 4.79 Å². The topological polar surface area (TPSA) is 82.5 Å². The molecule has 26 heavy (non-hydrogen) atoms. The van der Waals surface area contributed by atoms with Crippen LogP contribution in [-0.2, 0) is 4.79 Å². The molecular formula is C20H23N3O3. The van der Waals surface area contributed by atoms with Gasteiger partial charge in [0.25, 0.3) is 5.91 Å². The summed E-state index contributed by atoms with van der Waals surface area (Å²) in [6.45, 7) is 1.96. The molecule has 6 heteroatoms. The van der Waals surface area contributed by atoms with E-state index in [1.807, 2.05) is 6.07 Å². The first-order valence-corrected chi connectivity index (χ1v) is 8.95. The summed E-state index contributed by atoms with van der Waals surface area (Å²) in [5, 5.41) is 12.0. The largest absolute Gasteiger partial charge is 0.479 e. The number of benzene rings is 1. The second-order valence-corrected chi connectivity index (χ2v) is 6.46. The van der Waals surface area contributed by atoms with Crippen LogP contribution in [0.5, 0.6) is 0 Å². The summed E-state index contributed by atoms with van der Waals surface area (Å²) in [4.78, 5) is 30.6. The van der Waals surface area contributed by atoms with Crippen LogP contribution in [0.2, 0.25) is 0 Å². The Labute approximate surface area is 152 Å². The Bertz CT molecular complexity index is 739. The summed E-state index contributed by atoms with van der Waals surface area (Å²) in [6.07, 6.45) is 6.31. The number of aliphatic carboxylic acids is 1. The van der Waals surface area contributed by atoms with Crippen LogP contribution in [0.4, 0.5) is 5.82 Å². The van der Waals surface area contributed by atoms with Gasteiger partial charge in [-0.15, -0.1) is 0 Å². The standard InChI is InChI=1S/C20H23N3O3/c24-19(22-18(20(25)26)15-8-4-3-5-9-15)16-10-11-17(21-14-16)23-12-6-1-2-7-13-23/h3-5,8-11,14,18H,1-2,6-7,12-13H2,(H,22,24)(H,25,26)/t18-/m0/s1. The maximum Gasteiger partial charge on any atom is 0.330 e. The van der Waals surface area contributed by atoms with Crippen molar-refractivity contribution in [2.24, 2.45) is 0 Å². The summed E-state index contributed by atoms with van der Waals surface area (Å²) in [5.41, 5.74) is 0.883. The predicted octanol–water partition coefficient (Wildman–Crippen LogP) is 3.02. The van der Waals surface area contributed by atoms with Gasteiger partial charge in [0, 0.05) is 19.3 Å². The van der Waals surface area contributed by atoms with Crippen molar-refractivity contribution in [1.82, 2.24) is 10.3 Å². The van der Waals surface area contributed by atoms with Crippen molar-refractivity contribution in [1.29, 1.82) is 0 Å². The van der Waals surface area contributed by atoms with E-state index in [1.54, 1.807) is 36.4 Å². The number of pyridine rings is 1. The minimum absolute atomic E-state index is 0.353. The molecule has 1 atom stereocenters. The number of aromatic nitrogens is 1. The molecule has 2 heterocycles. The molecule has 6 nitrogen and oxygen atoms in total. The Hall–Kier alpha value is -2.89. The van der Waals surface area contributed by atoms with Crippen LogP contribution in [0.1, 0.15) is 47.6 Å². The summed E-state index contributed by atoms with van der Waals surface area (Å²) < 4.78 is 0. The van der Waals surface area contributed by atoms with Crippen molar-refractivity contribution < 1.29 is 14.7 Å². The van der Waals surface area contributed by atoms with Crippen LogP contribution >= 0.6 is 0 Å². The van der Waals surface area contributed by atoms with E-state index in [0.717, 1.165) is 31.7 Å². The SMILES string of the molecule is O=C(N[C@H](C(=O)O)c1ccccc1)c1ccc(N2CCCCCC2)nc1. The fraction of sp³-hybridized carbons (Fsp3) is 0.350. The van der Waals surface area contributed by atoms with Gasteiger partial charge in [0.1, 0.15) is 5.82 Å². The number of carbonyl (C=O) groups excluding carboxylic acids is 1. The van der Waals surface area contributed by atoms with E-state index in [9.17, 15) is 14.7 Å². The van der Waals surface area contributed by atoms with Gasteiger partial charge in [-0.05, 0) is 30.5 Å². The van der Waals surface area contributed by atoms with E-state index < -0.39 is 17.9 Å². The van der Waals surface area contributed by atoms with Crippen molar-refractivity contribution in [3.8, 4) is 0 Å². The number of anilines is 1. The van der Waals surface area contributed by atoms with Gasteiger partial charge < -0.3 is 15.3 Å². The van der Waals surface area contributed by atoms with Crippen molar-refractivity contribution in [2.45, 2.75) is 31.7 Å². The van der Waals surface area contributed by atoms with E-state index in [4.69, 9.17) is 0 Å². The van der Waals surface area contributed by atoms with Crippen LogP contribution < -0.4 is 10.2 Å². The summed E-state index contributed by atoms with van der Waals surface area (Å²) >= 11 is 0. The van der Waals surface area contributed by atoms with Gasteiger partial charge in [0.05, 0.1) is 5.56 Å². The average Bonchev–Trinajstić information content (AvgIpc) is 2.96. The van der Waals surface area contributed by atoms with Gasteiger partial charge in [0.2, 0.25) is 0 Å². The zero-order valence-electron chi connectivity index (χ0n) is 14.6. The number of hydrogen-bond donors (Lipinski definition) is 2. The minimum atomic E-state index is -1.10. The Morgan fingerprint density at radius 1 is 1.00 bits per heavy atom. The predicted molar refractivity (Wildman–Crippen MR) is 99.2 cm³/mol. The number of amides is 1. The number of rotatable bonds is 5. The molecule has 0 spiro atoms. The molecule has 2 aromatic rings. The fourth-order valence-corrected chi connectivity index (χ4v) is 3.15. The smallest absolute Gasteiger partial charge is 0.330 e. The molecule has 1 amide bonds. The maximum absolute atomic E-state index is 12.4. The molecule has 136 valence electrons. The third-order valence-electron chi connectivity index (χ3n) is 4.60. The lowest BCUT2D eigenvalue weighted by molar-refractivity contribution is -0.139. The van der Waals surface area contributed by atoms with Crippen molar-refractivity contribution in [3.05, 3.63) is 59.8 Å². The van der Waals surface area contributed by atoms with Gasteiger partial charge in [-0.25, -0.2) is 9.78 Å². The first-order valence-electron chi connectivity index (χ1n) is 8.95. The first kappa shape index (κ1) is 17.9. The molecule has 0 bridgehead atoms. The molecule has 1 saturated heterocycles. The van der Waals surface area contributed by atoms with E-state index >= 15 is 0 Å². The Morgan fingerprint density at radius 3 is 2.27 bits per heavy atom. The molecule has 2 N–H and O–H groups in total.